The summed E-state index contributed by atoms with van der Waals surface area (Å²) in [5, 5.41) is -0.172. The van der Waals surface area contributed by atoms with Crippen LogP contribution in [0.25, 0.3) is 0 Å². The maximum absolute atomic E-state index is 12.7. The molecule has 2 aromatic rings. The normalized spacial score (nSPS) is 16.7. The van der Waals surface area contributed by atoms with Crippen LogP contribution in [0.2, 0.25) is 5.02 Å². The summed E-state index contributed by atoms with van der Waals surface area (Å²) in [4.78, 5) is 8.32. The van der Waals surface area contributed by atoms with Crippen molar-refractivity contribution < 1.29 is 17.9 Å². The van der Waals surface area contributed by atoms with Crippen LogP contribution in [0.5, 0.6) is 11.6 Å². The van der Waals surface area contributed by atoms with Gasteiger partial charge in [0.25, 0.3) is 0 Å². The molecule has 1 saturated heterocycles. The van der Waals surface area contributed by atoms with Crippen LogP contribution in [0.15, 0.2) is 36.5 Å². The molecule has 3 rings (SSSR count). The molecule has 0 spiro atoms. The average Bonchev–Trinajstić information content (AvgIpc) is 2.59. The van der Waals surface area contributed by atoms with Gasteiger partial charge < -0.3 is 9.64 Å². The van der Waals surface area contributed by atoms with Gasteiger partial charge in [0.1, 0.15) is 10.8 Å². The van der Waals surface area contributed by atoms with Crippen LogP contribution in [0.4, 0.5) is 13.2 Å². The van der Waals surface area contributed by atoms with Crippen molar-refractivity contribution in [3.05, 3.63) is 52.7 Å². The highest BCUT2D eigenvalue weighted by Crippen LogP contribution is 2.35. The standard InChI is InChI=1S/C18H19ClF3N3O/c1-24-6-8-25(9-7-24)12-13-4-2-3-5-16(13)26-17-15(19)10-14(11-23-17)18(20,21)22/h2-5,10-11H,6-9,12H2,1H3. The highest BCUT2D eigenvalue weighted by molar-refractivity contribution is 6.31. The van der Waals surface area contributed by atoms with E-state index in [1.54, 1.807) is 12.1 Å². The molecular weight excluding hydrogens is 367 g/mol. The van der Waals surface area contributed by atoms with Gasteiger partial charge in [-0.25, -0.2) is 4.98 Å². The summed E-state index contributed by atoms with van der Waals surface area (Å²) in [5.41, 5.74) is 0.0374. The van der Waals surface area contributed by atoms with Crippen LogP contribution in [-0.2, 0) is 12.7 Å². The van der Waals surface area contributed by atoms with E-state index in [2.05, 4.69) is 21.8 Å². The van der Waals surface area contributed by atoms with Gasteiger partial charge in [-0.15, -0.1) is 0 Å². The molecular formula is C18H19ClF3N3O. The second-order valence-electron chi connectivity index (χ2n) is 6.30. The minimum absolute atomic E-state index is 0.0366. The van der Waals surface area contributed by atoms with E-state index in [0.29, 0.717) is 12.3 Å². The minimum Gasteiger partial charge on any atom is -0.437 e. The first-order valence-corrected chi connectivity index (χ1v) is 8.60. The molecule has 0 unspecified atom stereocenters. The van der Waals surface area contributed by atoms with Gasteiger partial charge in [-0.05, 0) is 19.2 Å². The number of ether oxygens (including phenoxy) is 1. The third-order valence-corrected chi connectivity index (χ3v) is 4.57. The molecule has 0 bridgehead atoms. The van der Waals surface area contributed by atoms with Crippen molar-refractivity contribution in [3.8, 4) is 11.6 Å². The number of hydrogen-bond donors (Lipinski definition) is 0. The number of aromatic nitrogens is 1. The van der Waals surface area contributed by atoms with E-state index in [-0.39, 0.29) is 10.9 Å². The Hall–Kier alpha value is -1.83. The quantitative estimate of drug-likeness (QED) is 0.784. The Balaban J connectivity index is 1.76. The fourth-order valence-electron chi connectivity index (χ4n) is 2.74. The van der Waals surface area contributed by atoms with E-state index in [1.165, 1.54) is 0 Å². The number of para-hydroxylation sites is 1. The molecule has 8 heteroatoms. The lowest BCUT2D eigenvalue weighted by molar-refractivity contribution is -0.137. The van der Waals surface area contributed by atoms with Crippen molar-refractivity contribution in [1.82, 2.24) is 14.8 Å². The summed E-state index contributed by atoms with van der Waals surface area (Å²) in [5.74, 6) is 0.506. The van der Waals surface area contributed by atoms with Crippen molar-refractivity contribution in [1.29, 1.82) is 0 Å². The monoisotopic (exact) mass is 385 g/mol. The van der Waals surface area contributed by atoms with E-state index in [0.717, 1.165) is 44.0 Å². The molecule has 0 saturated carbocycles. The van der Waals surface area contributed by atoms with Crippen LogP contribution in [0.3, 0.4) is 0 Å². The van der Waals surface area contributed by atoms with E-state index in [9.17, 15) is 13.2 Å². The van der Waals surface area contributed by atoms with Crippen LogP contribution >= 0.6 is 11.6 Å². The Labute approximate surface area is 155 Å². The molecule has 1 aromatic carbocycles. The van der Waals surface area contributed by atoms with Crippen molar-refractivity contribution in [2.75, 3.05) is 33.2 Å². The highest BCUT2D eigenvalue weighted by atomic mass is 35.5. The van der Waals surface area contributed by atoms with Crippen LogP contribution < -0.4 is 4.74 Å². The van der Waals surface area contributed by atoms with Crippen LogP contribution in [0.1, 0.15) is 11.1 Å². The third-order valence-electron chi connectivity index (χ3n) is 4.30. The van der Waals surface area contributed by atoms with Crippen LogP contribution in [-0.4, -0.2) is 48.0 Å². The smallest absolute Gasteiger partial charge is 0.417 e. The van der Waals surface area contributed by atoms with Gasteiger partial charge in [-0.2, -0.15) is 13.2 Å². The fourth-order valence-corrected chi connectivity index (χ4v) is 2.95. The summed E-state index contributed by atoms with van der Waals surface area (Å²) in [6.07, 6.45) is -3.77. The topological polar surface area (TPSA) is 28.6 Å². The number of piperazine rings is 1. The zero-order valence-corrected chi connectivity index (χ0v) is 15.0. The predicted molar refractivity (Wildman–Crippen MR) is 93.5 cm³/mol. The van der Waals surface area contributed by atoms with Crippen molar-refractivity contribution in [3.63, 3.8) is 0 Å². The molecule has 1 fully saturated rings. The average molecular weight is 386 g/mol. The lowest BCUT2D eigenvalue weighted by Crippen LogP contribution is -2.43. The zero-order valence-electron chi connectivity index (χ0n) is 14.3. The molecule has 4 nitrogen and oxygen atoms in total. The van der Waals surface area contributed by atoms with Gasteiger partial charge in [0.05, 0.1) is 5.56 Å². The largest absolute Gasteiger partial charge is 0.437 e. The number of benzene rings is 1. The fraction of sp³-hybridized carbons (Fsp3) is 0.389. The second-order valence-corrected chi connectivity index (χ2v) is 6.71. The Morgan fingerprint density at radius 2 is 1.85 bits per heavy atom. The molecule has 0 radical (unpaired) electrons. The van der Waals surface area contributed by atoms with Gasteiger partial charge in [-0.1, -0.05) is 29.8 Å². The third kappa shape index (κ3) is 4.66. The summed E-state index contributed by atoms with van der Waals surface area (Å²) < 4.78 is 43.9. The summed E-state index contributed by atoms with van der Waals surface area (Å²) in [6, 6.07) is 8.24. The maximum Gasteiger partial charge on any atom is 0.417 e. The van der Waals surface area contributed by atoms with Gasteiger partial charge in [0.15, 0.2) is 0 Å². The summed E-state index contributed by atoms with van der Waals surface area (Å²) in [6.45, 7) is 4.58. The number of pyridine rings is 1. The van der Waals surface area contributed by atoms with E-state index < -0.39 is 11.7 Å². The van der Waals surface area contributed by atoms with Crippen molar-refractivity contribution in [2.24, 2.45) is 0 Å². The molecule has 0 aliphatic carbocycles. The SMILES string of the molecule is CN1CCN(Cc2ccccc2Oc2ncc(C(F)(F)F)cc2Cl)CC1. The highest BCUT2D eigenvalue weighted by Gasteiger charge is 2.32. The van der Waals surface area contributed by atoms with Crippen molar-refractivity contribution >= 4 is 11.6 Å². The number of rotatable bonds is 4. The molecule has 1 aliphatic rings. The van der Waals surface area contributed by atoms with Crippen LogP contribution in [0, 0.1) is 0 Å². The van der Waals surface area contributed by atoms with E-state index >= 15 is 0 Å². The molecule has 0 N–H and O–H groups in total. The maximum atomic E-state index is 12.7. The lowest BCUT2D eigenvalue weighted by Gasteiger charge is -2.32. The predicted octanol–water partition coefficient (Wildman–Crippen LogP) is 4.29. The van der Waals surface area contributed by atoms with Crippen molar-refractivity contribution in [2.45, 2.75) is 12.7 Å². The zero-order chi connectivity index (χ0) is 18.7. The minimum atomic E-state index is -4.49. The number of likely N-dealkylation sites (N-methyl/N-ethyl adjacent to an activating group) is 1. The first-order valence-electron chi connectivity index (χ1n) is 8.22. The number of alkyl halides is 3. The second kappa shape index (κ2) is 7.82. The molecule has 0 atom stereocenters. The number of nitrogens with zero attached hydrogens (tertiary/aromatic N) is 3. The van der Waals surface area contributed by atoms with E-state index in [1.807, 2.05) is 12.1 Å². The Morgan fingerprint density at radius 3 is 2.50 bits per heavy atom. The molecule has 1 aromatic heterocycles. The summed E-state index contributed by atoms with van der Waals surface area (Å²) in [7, 11) is 2.09. The number of hydrogen-bond acceptors (Lipinski definition) is 4. The van der Waals surface area contributed by atoms with E-state index in [4.69, 9.17) is 16.3 Å². The molecule has 140 valence electrons. The van der Waals surface area contributed by atoms with Gasteiger partial charge in [-0.3, -0.25) is 4.90 Å². The van der Waals surface area contributed by atoms with Gasteiger partial charge in [0, 0.05) is 44.5 Å². The van der Waals surface area contributed by atoms with Gasteiger partial charge in [0.2, 0.25) is 5.88 Å². The Bertz CT molecular complexity index is 762. The molecule has 0 amide bonds. The first kappa shape index (κ1) is 18.9. The lowest BCUT2D eigenvalue weighted by atomic mass is 10.1. The molecule has 26 heavy (non-hydrogen) atoms. The van der Waals surface area contributed by atoms with Gasteiger partial charge >= 0.3 is 6.18 Å². The molecule has 1 aliphatic heterocycles. The summed E-state index contributed by atoms with van der Waals surface area (Å²) >= 11 is 5.94. The number of halogens is 4. The first-order chi connectivity index (χ1) is 12.3. The molecule has 2 heterocycles. The Morgan fingerprint density at radius 1 is 1.15 bits per heavy atom. The Kier molecular flexibility index (Phi) is 5.70.